The first kappa shape index (κ1) is 25.5. The monoisotopic (exact) mass is 573 g/mol. The predicted molar refractivity (Wildman–Crippen MR) is 147 cm³/mol. The molecule has 1 N–H and O–H groups in total. The Morgan fingerprint density at radius 1 is 1.03 bits per heavy atom. The summed E-state index contributed by atoms with van der Waals surface area (Å²) in [4.78, 5) is 42.0. The third-order valence-electron chi connectivity index (χ3n) is 6.41. The molecule has 5 rings (SSSR count). The van der Waals surface area contributed by atoms with Crippen LogP contribution in [0.1, 0.15) is 28.1 Å². The van der Waals surface area contributed by atoms with Gasteiger partial charge in [-0.1, -0.05) is 52.3 Å². The Hall–Kier alpha value is -4.17. The maximum absolute atomic E-state index is 13.2. The lowest BCUT2D eigenvalue weighted by atomic mass is 9.93. The molecule has 8 heteroatoms. The molecule has 0 saturated heterocycles. The Bertz CT molecular complexity index is 1690. The molecular formula is C30H24BrNO6. The third kappa shape index (κ3) is 5.40. The number of aromatic amines is 1. The number of ether oxygens (including phenoxy) is 2. The molecule has 0 aliphatic heterocycles. The van der Waals surface area contributed by atoms with E-state index in [0.29, 0.717) is 12.2 Å². The number of para-hydroxylation sites is 1. The molecule has 0 aliphatic carbocycles. The van der Waals surface area contributed by atoms with Crippen LogP contribution in [0.3, 0.4) is 0 Å². The average molecular weight is 574 g/mol. The highest BCUT2D eigenvalue weighted by Crippen LogP contribution is 2.27. The van der Waals surface area contributed by atoms with E-state index in [4.69, 9.17) is 13.9 Å². The molecule has 0 aliphatic rings. The largest absolute Gasteiger partial charge is 0.488 e. The molecular weight excluding hydrogens is 550 g/mol. The summed E-state index contributed by atoms with van der Waals surface area (Å²) in [5, 5.41) is 1.23. The van der Waals surface area contributed by atoms with E-state index in [1.165, 1.54) is 7.11 Å². The second kappa shape index (κ2) is 11.1. The Kier molecular flexibility index (Phi) is 7.42. The van der Waals surface area contributed by atoms with Gasteiger partial charge in [-0.3, -0.25) is 14.4 Å². The van der Waals surface area contributed by atoms with Crippen LogP contribution in [0, 0.1) is 5.92 Å². The van der Waals surface area contributed by atoms with Crippen LogP contribution in [0.2, 0.25) is 0 Å². The number of hydrogen-bond acceptors (Lipinski definition) is 6. The molecule has 0 saturated carbocycles. The number of hydrogen-bond donors (Lipinski definition) is 1. The van der Waals surface area contributed by atoms with Crippen LogP contribution in [-0.2, 0) is 22.6 Å². The van der Waals surface area contributed by atoms with Crippen molar-refractivity contribution in [2.24, 2.45) is 5.92 Å². The molecule has 0 unspecified atom stereocenters. The number of halogens is 1. The molecule has 0 fully saturated rings. The van der Waals surface area contributed by atoms with Crippen LogP contribution in [0.5, 0.6) is 5.75 Å². The SMILES string of the molecule is COC(=O)[C@@H](CC(=O)c1cc(=O)c2c(OCc3ccc(Br)cc3)cccc2o1)Cc1c[nH]c2ccccc12. The topological polar surface area (TPSA) is 98.6 Å². The normalized spacial score (nSPS) is 11.9. The Balaban J connectivity index is 1.38. The van der Waals surface area contributed by atoms with E-state index in [1.807, 2.05) is 54.7 Å². The van der Waals surface area contributed by atoms with Crippen LogP contribution in [-0.4, -0.2) is 23.8 Å². The summed E-state index contributed by atoms with van der Waals surface area (Å²) < 4.78 is 17.7. The molecule has 38 heavy (non-hydrogen) atoms. The van der Waals surface area contributed by atoms with Crippen molar-refractivity contribution in [2.75, 3.05) is 7.11 Å². The van der Waals surface area contributed by atoms with Crippen molar-refractivity contribution in [3.8, 4) is 5.75 Å². The van der Waals surface area contributed by atoms with E-state index in [-0.39, 0.29) is 29.8 Å². The van der Waals surface area contributed by atoms with Gasteiger partial charge in [0.2, 0.25) is 0 Å². The zero-order valence-corrected chi connectivity index (χ0v) is 22.1. The van der Waals surface area contributed by atoms with Gasteiger partial charge in [0.15, 0.2) is 17.0 Å². The second-order valence-electron chi connectivity index (χ2n) is 8.93. The first-order valence-electron chi connectivity index (χ1n) is 12.0. The lowest BCUT2D eigenvalue weighted by molar-refractivity contribution is -0.145. The van der Waals surface area contributed by atoms with Crippen LogP contribution in [0.4, 0.5) is 0 Å². The van der Waals surface area contributed by atoms with Crippen molar-refractivity contribution < 1.29 is 23.5 Å². The number of carbonyl (C=O) groups excluding carboxylic acids is 2. The zero-order chi connectivity index (χ0) is 26.6. The predicted octanol–water partition coefficient (Wildman–Crippen LogP) is 6.22. The van der Waals surface area contributed by atoms with Crippen molar-refractivity contribution >= 4 is 49.6 Å². The van der Waals surface area contributed by atoms with Gasteiger partial charge in [-0.25, -0.2) is 0 Å². The number of carbonyl (C=O) groups is 2. The van der Waals surface area contributed by atoms with Crippen LogP contribution < -0.4 is 10.2 Å². The summed E-state index contributed by atoms with van der Waals surface area (Å²) in [5.74, 6) is -1.45. The molecule has 1 atom stereocenters. The molecule has 5 aromatic rings. The summed E-state index contributed by atoms with van der Waals surface area (Å²) in [6.45, 7) is 0.265. The number of aromatic nitrogens is 1. The van der Waals surface area contributed by atoms with Crippen molar-refractivity contribution in [1.29, 1.82) is 0 Å². The van der Waals surface area contributed by atoms with Gasteiger partial charge in [0.1, 0.15) is 23.3 Å². The summed E-state index contributed by atoms with van der Waals surface area (Å²) >= 11 is 3.40. The first-order valence-corrected chi connectivity index (χ1v) is 12.8. The maximum Gasteiger partial charge on any atom is 0.309 e. The van der Waals surface area contributed by atoms with Crippen molar-refractivity contribution in [3.05, 3.63) is 111 Å². The number of esters is 1. The van der Waals surface area contributed by atoms with Gasteiger partial charge in [0, 0.05) is 34.1 Å². The van der Waals surface area contributed by atoms with Gasteiger partial charge in [0.05, 0.1) is 13.0 Å². The Labute approximate surface area is 226 Å². The molecule has 0 radical (unpaired) electrons. The zero-order valence-electron chi connectivity index (χ0n) is 20.5. The van der Waals surface area contributed by atoms with Gasteiger partial charge < -0.3 is 18.9 Å². The van der Waals surface area contributed by atoms with Crippen molar-refractivity contribution in [2.45, 2.75) is 19.4 Å². The lowest BCUT2D eigenvalue weighted by Gasteiger charge is -2.14. The Morgan fingerprint density at radius 3 is 2.61 bits per heavy atom. The van der Waals surface area contributed by atoms with E-state index < -0.39 is 23.1 Å². The molecule has 2 heterocycles. The smallest absolute Gasteiger partial charge is 0.309 e. The van der Waals surface area contributed by atoms with E-state index >= 15 is 0 Å². The number of nitrogens with one attached hydrogen (secondary N) is 1. The van der Waals surface area contributed by atoms with Crippen molar-refractivity contribution in [1.82, 2.24) is 4.98 Å². The number of H-pyrrole nitrogens is 1. The van der Waals surface area contributed by atoms with Crippen LogP contribution >= 0.6 is 15.9 Å². The van der Waals surface area contributed by atoms with E-state index in [9.17, 15) is 14.4 Å². The number of rotatable bonds is 9. The number of ketones is 1. The molecule has 7 nitrogen and oxygen atoms in total. The molecule has 0 bridgehead atoms. The molecule has 3 aromatic carbocycles. The van der Waals surface area contributed by atoms with E-state index in [1.54, 1.807) is 18.2 Å². The Morgan fingerprint density at radius 2 is 1.82 bits per heavy atom. The van der Waals surface area contributed by atoms with Crippen LogP contribution in [0.15, 0.2) is 92.7 Å². The summed E-state index contributed by atoms with van der Waals surface area (Å²) in [6, 6.07) is 21.6. The summed E-state index contributed by atoms with van der Waals surface area (Å²) in [7, 11) is 1.29. The van der Waals surface area contributed by atoms with Crippen LogP contribution in [0.25, 0.3) is 21.9 Å². The molecule has 192 valence electrons. The van der Waals surface area contributed by atoms with Gasteiger partial charge >= 0.3 is 5.97 Å². The molecule has 0 amide bonds. The summed E-state index contributed by atoms with van der Waals surface area (Å²) in [5.41, 5.74) is 2.62. The number of fused-ring (bicyclic) bond motifs is 2. The minimum Gasteiger partial charge on any atom is -0.488 e. The fraction of sp³-hybridized carbons (Fsp3) is 0.167. The number of Topliss-reactive ketones (excluding diaryl/α,β-unsaturated/α-hetero) is 1. The quantitative estimate of drug-likeness (QED) is 0.166. The minimum atomic E-state index is -0.742. The van der Waals surface area contributed by atoms with Gasteiger partial charge in [-0.05, 0) is 47.9 Å². The average Bonchev–Trinajstić information content (AvgIpc) is 3.34. The van der Waals surface area contributed by atoms with E-state index in [2.05, 4.69) is 20.9 Å². The van der Waals surface area contributed by atoms with Crippen molar-refractivity contribution in [3.63, 3.8) is 0 Å². The molecule has 0 spiro atoms. The maximum atomic E-state index is 13.2. The molecule has 2 aromatic heterocycles. The number of methoxy groups -OCH3 is 1. The van der Waals surface area contributed by atoms with Gasteiger partial charge in [-0.15, -0.1) is 0 Å². The second-order valence-corrected chi connectivity index (χ2v) is 9.85. The first-order chi connectivity index (χ1) is 18.4. The fourth-order valence-corrected chi connectivity index (χ4v) is 4.74. The summed E-state index contributed by atoms with van der Waals surface area (Å²) in [6.07, 6.45) is 1.96. The van der Waals surface area contributed by atoms with E-state index in [0.717, 1.165) is 32.6 Å². The highest BCUT2D eigenvalue weighted by Gasteiger charge is 2.26. The van der Waals surface area contributed by atoms with Gasteiger partial charge in [0.25, 0.3) is 0 Å². The fourth-order valence-electron chi connectivity index (χ4n) is 4.47. The number of benzene rings is 3. The van der Waals surface area contributed by atoms with Gasteiger partial charge in [-0.2, -0.15) is 0 Å². The lowest BCUT2D eigenvalue weighted by Crippen LogP contribution is -2.22. The highest BCUT2D eigenvalue weighted by atomic mass is 79.9. The minimum absolute atomic E-state index is 0.111. The standard InChI is InChI=1S/C30H24BrNO6/c1-36-30(35)19(13-20-16-32-23-6-3-2-5-22(20)23)14-24(33)28-15-25(34)29-26(7-4-8-27(29)38-28)37-17-18-9-11-21(31)12-10-18/h2-12,15-16,19,32H,13-14,17H2,1H3/t19-/m1/s1. The third-order valence-corrected chi connectivity index (χ3v) is 6.94. The highest BCUT2D eigenvalue weighted by molar-refractivity contribution is 9.10.